The molecule has 0 aromatic heterocycles. The molecule has 0 unspecified atom stereocenters. The number of benzene rings is 2. The summed E-state index contributed by atoms with van der Waals surface area (Å²) in [6, 6.07) is 15.2. The minimum atomic E-state index is -0.899. The molecule has 0 amide bonds. The van der Waals surface area contributed by atoms with Crippen LogP contribution in [-0.2, 0) is 24.4 Å². The van der Waals surface area contributed by atoms with Crippen LogP contribution in [0.4, 0.5) is 0 Å². The first-order chi connectivity index (χ1) is 10.7. The van der Waals surface area contributed by atoms with E-state index in [1.807, 2.05) is 25.1 Å². The molecule has 0 atom stereocenters. The number of carbonyl (C=O) groups is 1. The number of ether oxygens (including phenoxy) is 1. The molecule has 2 aromatic carbocycles. The molecule has 0 spiro atoms. The Labute approximate surface area is 130 Å². The lowest BCUT2D eigenvalue weighted by atomic mass is 10.1. The van der Waals surface area contributed by atoms with Crippen molar-refractivity contribution in [2.24, 2.45) is 0 Å². The van der Waals surface area contributed by atoms with Gasteiger partial charge in [-0.15, -0.1) is 0 Å². The highest BCUT2D eigenvalue weighted by Crippen LogP contribution is 2.11. The SMILES string of the molecule is CCOCc1ccccc1CNCc1cccc(C(=O)O)c1. The van der Waals surface area contributed by atoms with Crippen LogP contribution < -0.4 is 5.32 Å². The van der Waals surface area contributed by atoms with Crippen LogP contribution in [0.25, 0.3) is 0 Å². The van der Waals surface area contributed by atoms with Gasteiger partial charge in [-0.1, -0.05) is 36.4 Å². The minimum Gasteiger partial charge on any atom is -0.478 e. The van der Waals surface area contributed by atoms with E-state index in [2.05, 4.69) is 17.4 Å². The highest BCUT2D eigenvalue weighted by atomic mass is 16.5. The molecule has 4 heteroatoms. The predicted molar refractivity (Wildman–Crippen MR) is 85.7 cm³/mol. The molecular formula is C18H21NO3. The lowest BCUT2D eigenvalue weighted by molar-refractivity contribution is 0.0696. The first-order valence-corrected chi connectivity index (χ1v) is 7.38. The molecule has 0 saturated heterocycles. The molecular weight excluding hydrogens is 278 g/mol. The summed E-state index contributed by atoms with van der Waals surface area (Å²) in [7, 11) is 0. The number of nitrogens with one attached hydrogen (secondary N) is 1. The van der Waals surface area contributed by atoms with Crippen molar-refractivity contribution in [2.45, 2.75) is 26.6 Å². The van der Waals surface area contributed by atoms with Crippen LogP contribution in [0.5, 0.6) is 0 Å². The largest absolute Gasteiger partial charge is 0.478 e. The quantitative estimate of drug-likeness (QED) is 0.786. The molecule has 0 heterocycles. The second kappa shape index (κ2) is 8.32. The van der Waals surface area contributed by atoms with Gasteiger partial charge in [0, 0.05) is 19.7 Å². The third kappa shape index (κ3) is 4.69. The van der Waals surface area contributed by atoms with Crippen molar-refractivity contribution in [1.29, 1.82) is 0 Å². The third-order valence-corrected chi connectivity index (χ3v) is 3.40. The topological polar surface area (TPSA) is 58.6 Å². The first kappa shape index (κ1) is 16.2. The van der Waals surface area contributed by atoms with Gasteiger partial charge in [-0.3, -0.25) is 0 Å². The number of hydrogen-bond donors (Lipinski definition) is 2. The van der Waals surface area contributed by atoms with E-state index in [9.17, 15) is 4.79 Å². The molecule has 2 N–H and O–H groups in total. The highest BCUT2D eigenvalue weighted by Gasteiger charge is 2.04. The summed E-state index contributed by atoms with van der Waals surface area (Å²) in [5.74, 6) is -0.899. The maximum Gasteiger partial charge on any atom is 0.335 e. The van der Waals surface area contributed by atoms with Crippen LogP contribution >= 0.6 is 0 Å². The van der Waals surface area contributed by atoms with Crippen LogP contribution in [0.2, 0.25) is 0 Å². The van der Waals surface area contributed by atoms with Gasteiger partial charge in [0.05, 0.1) is 12.2 Å². The van der Waals surface area contributed by atoms with E-state index in [0.29, 0.717) is 25.3 Å². The van der Waals surface area contributed by atoms with E-state index < -0.39 is 5.97 Å². The minimum absolute atomic E-state index is 0.316. The van der Waals surface area contributed by atoms with E-state index in [0.717, 1.165) is 12.1 Å². The summed E-state index contributed by atoms with van der Waals surface area (Å²) in [6.07, 6.45) is 0. The molecule has 0 saturated carbocycles. The number of carboxylic acids is 1. The smallest absolute Gasteiger partial charge is 0.335 e. The summed E-state index contributed by atoms with van der Waals surface area (Å²) < 4.78 is 5.47. The van der Waals surface area contributed by atoms with Crippen molar-refractivity contribution < 1.29 is 14.6 Å². The summed E-state index contributed by atoms with van der Waals surface area (Å²) in [5, 5.41) is 12.3. The van der Waals surface area contributed by atoms with Crippen molar-refractivity contribution in [3.63, 3.8) is 0 Å². The zero-order chi connectivity index (χ0) is 15.8. The van der Waals surface area contributed by atoms with Gasteiger partial charge in [0.1, 0.15) is 0 Å². The molecule has 0 aliphatic carbocycles. The summed E-state index contributed by atoms with van der Waals surface area (Å²) >= 11 is 0. The zero-order valence-electron chi connectivity index (χ0n) is 12.7. The Morgan fingerprint density at radius 1 is 1.09 bits per heavy atom. The number of aromatic carboxylic acids is 1. The molecule has 0 radical (unpaired) electrons. The zero-order valence-corrected chi connectivity index (χ0v) is 12.7. The van der Waals surface area contributed by atoms with Crippen molar-refractivity contribution in [1.82, 2.24) is 5.32 Å². The second-order valence-electron chi connectivity index (χ2n) is 5.01. The molecule has 0 aliphatic heterocycles. The van der Waals surface area contributed by atoms with E-state index in [-0.39, 0.29) is 0 Å². The van der Waals surface area contributed by atoms with Crippen molar-refractivity contribution in [3.8, 4) is 0 Å². The Morgan fingerprint density at radius 2 is 1.86 bits per heavy atom. The van der Waals surface area contributed by atoms with Gasteiger partial charge in [-0.25, -0.2) is 4.79 Å². The molecule has 2 rings (SSSR count). The van der Waals surface area contributed by atoms with Gasteiger partial charge in [0.25, 0.3) is 0 Å². The van der Waals surface area contributed by atoms with Crippen LogP contribution in [0.3, 0.4) is 0 Å². The highest BCUT2D eigenvalue weighted by molar-refractivity contribution is 5.87. The second-order valence-corrected chi connectivity index (χ2v) is 5.01. The monoisotopic (exact) mass is 299 g/mol. The van der Waals surface area contributed by atoms with Crippen molar-refractivity contribution in [2.75, 3.05) is 6.61 Å². The Hall–Kier alpha value is -2.17. The number of hydrogen-bond acceptors (Lipinski definition) is 3. The van der Waals surface area contributed by atoms with Crippen LogP contribution in [0.1, 0.15) is 34.0 Å². The summed E-state index contributed by atoms with van der Waals surface area (Å²) in [5.41, 5.74) is 3.65. The maximum absolute atomic E-state index is 11.0. The van der Waals surface area contributed by atoms with Crippen LogP contribution in [0.15, 0.2) is 48.5 Å². The van der Waals surface area contributed by atoms with Gasteiger partial charge in [-0.05, 0) is 35.7 Å². The van der Waals surface area contributed by atoms with E-state index in [1.165, 1.54) is 11.1 Å². The fraction of sp³-hybridized carbons (Fsp3) is 0.278. The van der Waals surface area contributed by atoms with Crippen molar-refractivity contribution in [3.05, 3.63) is 70.8 Å². The molecule has 0 bridgehead atoms. The van der Waals surface area contributed by atoms with E-state index >= 15 is 0 Å². The molecule has 0 aliphatic rings. The first-order valence-electron chi connectivity index (χ1n) is 7.38. The molecule has 4 nitrogen and oxygen atoms in total. The standard InChI is InChI=1S/C18H21NO3/c1-2-22-13-17-8-4-3-7-16(17)12-19-11-14-6-5-9-15(10-14)18(20)21/h3-10,19H,2,11-13H2,1H3,(H,20,21). The van der Waals surface area contributed by atoms with Crippen LogP contribution in [0, 0.1) is 0 Å². The molecule has 22 heavy (non-hydrogen) atoms. The fourth-order valence-electron chi connectivity index (χ4n) is 2.24. The lowest BCUT2D eigenvalue weighted by Gasteiger charge is -2.11. The molecule has 116 valence electrons. The van der Waals surface area contributed by atoms with Gasteiger partial charge < -0.3 is 15.2 Å². The Kier molecular flexibility index (Phi) is 6.13. The summed E-state index contributed by atoms with van der Waals surface area (Å²) in [6.45, 7) is 4.65. The van der Waals surface area contributed by atoms with Crippen molar-refractivity contribution >= 4 is 5.97 Å². The maximum atomic E-state index is 11.0. The van der Waals surface area contributed by atoms with Crippen LogP contribution in [-0.4, -0.2) is 17.7 Å². The number of carboxylic acid groups (broad SMARTS) is 1. The predicted octanol–water partition coefficient (Wildman–Crippen LogP) is 3.21. The van der Waals surface area contributed by atoms with Gasteiger partial charge in [0.15, 0.2) is 0 Å². The fourth-order valence-corrected chi connectivity index (χ4v) is 2.24. The normalized spacial score (nSPS) is 10.6. The Balaban J connectivity index is 1.94. The lowest BCUT2D eigenvalue weighted by Crippen LogP contribution is -2.14. The Bertz CT molecular complexity index is 625. The molecule has 2 aromatic rings. The Morgan fingerprint density at radius 3 is 2.59 bits per heavy atom. The van der Waals surface area contributed by atoms with Gasteiger partial charge >= 0.3 is 5.97 Å². The van der Waals surface area contributed by atoms with Gasteiger partial charge in [-0.2, -0.15) is 0 Å². The average Bonchev–Trinajstić information content (AvgIpc) is 2.54. The summed E-state index contributed by atoms with van der Waals surface area (Å²) in [4.78, 5) is 11.0. The molecule has 0 fully saturated rings. The van der Waals surface area contributed by atoms with E-state index in [4.69, 9.17) is 9.84 Å². The third-order valence-electron chi connectivity index (χ3n) is 3.40. The number of rotatable bonds is 8. The van der Waals surface area contributed by atoms with E-state index in [1.54, 1.807) is 18.2 Å². The van der Waals surface area contributed by atoms with Gasteiger partial charge in [0.2, 0.25) is 0 Å². The average molecular weight is 299 g/mol.